The molecular formula is C14H20N6O. The van der Waals surface area contributed by atoms with E-state index in [1.54, 1.807) is 43.3 Å². The first-order chi connectivity index (χ1) is 9.97. The van der Waals surface area contributed by atoms with Crippen LogP contribution < -0.4 is 11.1 Å². The number of hydrogen-bond donors (Lipinski definition) is 2. The topological polar surface area (TPSA) is 89.1 Å². The first kappa shape index (κ1) is 14.8. The third-order valence-corrected chi connectivity index (χ3v) is 3.02. The molecule has 2 aromatic rings. The normalized spacial score (nSPS) is 10.4. The van der Waals surface area contributed by atoms with Gasteiger partial charge in [-0.25, -0.2) is 4.98 Å². The van der Waals surface area contributed by atoms with Crippen LogP contribution in [0.5, 0.6) is 0 Å². The molecule has 0 aliphatic heterocycles. The van der Waals surface area contributed by atoms with Crippen LogP contribution >= 0.6 is 0 Å². The van der Waals surface area contributed by atoms with Crippen molar-refractivity contribution in [2.45, 2.75) is 6.42 Å². The number of aryl methyl sites for hydroxylation is 1. The van der Waals surface area contributed by atoms with E-state index in [0.29, 0.717) is 24.2 Å². The van der Waals surface area contributed by atoms with Gasteiger partial charge in [-0.1, -0.05) is 0 Å². The highest BCUT2D eigenvalue weighted by Crippen LogP contribution is 2.20. The number of nitrogens with two attached hydrogens (primary N) is 1. The maximum atomic E-state index is 11.9. The molecule has 0 saturated carbocycles. The third-order valence-electron chi connectivity index (χ3n) is 3.02. The van der Waals surface area contributed by atoms with Crippen molar-refractivity contribution in [3.63, 3.8) is 0 Å². The highest BCUT2D eigenvalue weighted by molar-refractivity contribution is 5.95. The summed E-state index contributed by atoms with van der Waals surface area (Å²) < 4.78 is 1.67. The number of nitrogens with one attached hydrogen (secondary N) is 1. The maximum Gasteiger partial charge on any atom is 0.253 e. The molecule has 1 aromatic heterocycles. The van der Waals surface area contributed by atoms with E-state index in [0.717, 1.165) is 11.5 Å². The Balaban J connectivity index is 2.02. The van der Waals surface area contributed by atoms with Gasteiger partial charge in [0.2, 0.25) is 0 Å². The highest BCUT2D eigenvalue weighted by atomic mass is 16.2. The summed E-state index contributed by atoms with van der Waals surface area (Å²) >= 11 is 0. The van der Waals surface area contributed by atoms with E-state index >= 15 is 0 Å². The van der Waals surface area contributed by atoms with Crippen LogP contribution in [0, 0.1) is 0 Å². The molecule has 7 heteroatoms. The van der Waals surface area contributed by atoms with Gasteiger partial charge in [-0.15, -0.1) is 0 Å². The average molecular weight is 288 g/mol. The predicted molar refractivity (Wildman–Crippen MR) is 82.1 cm³/mol. The SMILES string of the molecule is CN(C)C(=O)c1ccc(N)c(NCCc2ncn(C)n2)c1. The largest absolute Gasteiger partial charge is 0.397 e. The van der Waals surface area contributed by atoms with Gasteiger partial charge in [0.1, 0.15) is 6.33 Å². The Bertz CT molecular complexity index is 634. The van der Waals surface area contributed by atoms with Gasteiger partial charge in [0.25, 0.3) is 5.91 Å². The predicted octanol–water partition coefficient (Wildman–Crippen LogP) is 0.754. The Morgan fingerprint density at radius 2 is 2.19 bits per heavy atom. The highest BCUT2D eigenvalue weighted by Gasteiger charge is 2.10. The number of carbonyl (C=O) groups excluding carboxylic acids is 1. The molecule has 0 aliphatic rings. The Kier molecular flexibility index (Phi) is 4.42. The molecule has 1 heterocycles. The summed E-state index contributed by atoms with van der Waals surface area (Å²) in [6.45, 7) is 0.647. The summed E-state index contributed by atoms with van der Waals surface area (Å²) in [5, 5.41) is 7.43. The van der Waals surface area contributed by atoms with Crippen molar-refractivity contribution in [2.75, 3.05) is 31.7 Å². The van der Waals surface area contributed by atoms with E-state index in [1.165, 1.54) is 4.90 Å². The van der Waals surface area contributed by atoms with Gasteiger partial charge in [0.05, 0.1) is 11.4 Å². The summed E-state index contributed by atoms with van der Waals surface area (Å²) in [4.78, 5) is 17.6. The zero-order valence-corrected chi connectivity index (χ0v) is 12.5. The van der Waals surface area contributed by atoms with Crippen LogP contribution in [-0.2, 0) is 13.5 Å². The van der Waals surface area contributed by atoms with Crippen LogP contribution in [0.3, 0.4) is 0 Å². The monoisotopic (exact) mass is 288 g/mol. The van der Waals surface area contributed by atoms with Crippen LogP contribution in [0.15, 0.2) is 24.5 Å². The second kappa shape index (κ2) is 6.25. The Hall–Kier alpha value is -2.57. The molecule has 0 saturated heterocycles. The fourth-order valence-corrected chi connectivity index (χ4v) is 1.91. The quantitative estimate of drug-likeness (QED) is 0.793. The molecule has 0 atom stereocenters. The third kappa shape index (κ3) is 3.71. The second-order valence-electron chi connectivity index (χ2n) is 5.01. The molecule has 112 valence electrons. The molecule has 0 fully saturated rings. The zero-order valence-electron chi connectivity index (χ0n) is 12.5. The standard InChI is InChI=1S/C14H20N6O/c1-19(2)14(21)10-4-5-11(15)12(8-10)16-7-6-13-17-9-20(3)18-13/h4-5,8-9,16H,6-7,15H2,1-3H3. The van der Waals surface area contributed by atoms with Crippen LogP contribution in [-0.4, -0.2) is 46.2 Å². The number of benzene rings is 1. The van der Waals surface area contributed by atoms with Crippen LogP contribution in [0.1, 0.15) is 16.2 Å². The minimum Gasteiger partial charge on any atom is -0.397 e. The second-order valence-corrected chi connectivity index (χ2v) is 5.01. The van der Waals surface area contributed by atoms with Crippen LogP contribution in [0.25, 0.3) is 0 Å². The lowest BCUT2D eigenvalue weighted by Crippen LogP contribution is -2.22. The van der Waals surface area contributed by atoms with Crippen molar-refractivity contribution in [1.29, 1.82) is 0 Å². The molecule has 0 bridgehead atoms. The Morgan fingerprint density at radius 1 is 1.43 bits per heavy atom. The number of anilines is 2. The van der Waals surface area contributed by atoms with Gasteiger partial charge in [0, 0.05) is 39.7 Å². The summed E-state index contributed by atoms with van der Waals surface area (Å²) in [5.41, 5.74) is 7.89. The van der Waals surface area contributed by atoms with Gasteiger partial charge in [0.15, 0.2) is 5.82 Å². The van der Waals surface area contributed by atoms with Crippen molar-refractivity contribution in [3.05, 3.63) is 35.9 Å². The first-order valence-corrected chi connectivity index (χ1v) is 6.67. The number of amides is 1. The minimum absolute atomic E-state index is 0.0514. The molecule has 2 rings (SSSR count). The fourth-order valence-electron chi connectivity index (χ4n) is 1.91. The average Bonchev–Trinajstić information content (AvgIpc) is 2.85. The molecule has 0 spiro atoms. The van der Waals surface area contributed by atoms with Gasteiger partial charge >= 0.3 is 0 Å². The van der Waals surface area contributed by atoms with Crippen molar-refractivity contribution in [3.8, 4) is 0 Å². The van der Waals surface area contributed by atoms with E-state index in [2.05, 4.69) is 15.4 Å². The van der Waals surface area contributed by atoms with Crippen LogP contribution in [0.4, 0.5) is 11.4 Å². The molecule has 1 aromatic carbocycles. The van der Waals surface area contributed by atoms with E-state index in [4.69, 9.17) is 5.73 Å². The molecule has 21 heavy (non-hydrogen) atoms. The number of aromatic nitrogens is 3. The van der Waals surface area contributed by atoms with E-state index in [1.807, 2.05) is 7.05 Å². The van der Waals surface area contributed by atoms with E-state index in [9.17, 15) is 4.79 Å². The molecule has 7 nitrogen and oxygen atoms in total. The van der Waals surface area contributed by atoms with Gasteiger partial charge < -0.3 is 16.0 Å². The summed E-state index contributed by atoms with van der Waals surface area (Å²) in [6, 6.07) is 5.23. The van der Waals surface area contributed by atoms with Crippen molar-refractivity contribution >= 4 is 17.3 Å². The van der Waals surface area contributed by atoms with E-state index in [-0.39, 0.29) is 5.91 Å². The minimum atomic E-state index is -0.0514. The lowest BCUT2D eigenvalue weighted by atomic mass is 10.1. The Labute approximate surface area is 123 Å². The van der Waals surface area contributed by atoms with Crippen LogP contribution in [0.2, 0.25) is 0 Å². The van der Waals surface area contributed by atoms with Crippen molar-refractivity contribution in [1.82, 2.24) is 19.7 Å². The summed E-state index contributed by atoms with van der Waals surface area (Å²) in [7, 11) is 5.27. The van der Waals surface area contributed by atoms with Gasteiger partial charge in [-0.2, -0.15) is 5.10 Å². The number of rotatable bonds is 5. The van der Waals surface area contributed by atoms with Gasteiger partial charge in [-0.05, 0) is 18.2 Å². The number of nitrogens with zero attached hydrogens (tertiary/aromatic N) is 4. The zero-order chi connectivity index (χ0) is 15.4. The fraction of sp³-hybridized carbons (Fsp3) is 0.357. The smallest absolute Gasteiger partial charge is 0.253 e. The number of carbonyl (C=O) groups is 1. The van der Waals surface area contributed by atoms with E-state index < -0.39 is 0 Å². The number of nitrogen functional groups attached to an aromatic ring is 1. The maximum absolute atomic E-state index is 11.9. The first-order valence-electron chi connectivity index (χ1n) is 6.67. The molecule has 0 unspecified atom stereocenters. The Morgan fingerprint density at radius 3 is 2.81 bits per heavy atom. The molecule has 3 N–H and O–H groups in total. The van der Waals surface area contributed by atoms with Crippen molar-refractivity contribution in [2.24, 2.45) is 7.05 Å². The molecular weight excluding hydrogens is 268 g/mol. The summed E-state index contributed by atoms with van der Waals surface area (Å²) in [6.07, 6.45) is 2.35. The van der Waals surface area contributed by atoms with Gasteiger partial charge in [-0.3, -0.25) is 9.48 Å². The molecule has 0 aliphatic carbocycles. The van der Waals surface area contributed by atoms with Crippen molar-refractivity contribution < 1.29 is 4.79 Å². The number of hydrogen-bond acceptors (Lipinski definition) is 5. The molecule has 0 radical (unpaired) electrons. The lowest BCUT2D eigenvalue weighted by molar-refractivity contribution is 0.0827. The molecule has 1 amide bonds. The lowest BCUT2D eigenvalue weighted by Gasteiger charge is -2.13. The summed E-state index contributed by atoms with van der Waals surface area (Å²) in [5.74, 6) is 0.716.